The van der Waals surface area contributed by atoms with E-state index < -0.39 is 0 Å². The molecule has 0 aliphatic rings. The van der Waals surface area contributed by atoms with Gasteiger partial charge in [0.15, 0.2) is 5.78 Å². The third-order valence-electron chi connectivity index (χ3n) is 1.77. The van der Waals surface area contributed by atoms with E-state index in [9.17, 15) is 4.79 Å². The Hall–Kier alpha value is -0.860. The van der Waals surface area contributed by atoms with E-state index in [2.05, 4.69) is 0 Å². The fraction of sp³-hybridized carbons (Fsp3) is 0.300. The summed E-state index contributed by atoms with van der Waals surface area (Å²) in [6.07, 6.45) is 0. The summed E-state index contributed by atoms with van der Waals surface area (Å²) in [6, 6.07) is 5.38. The molecule has 0 bridgehead atoms. The molecule has 1 aromatic carbocycles. The van der Waals surface area contributed by atoms with Gasteiger partial charge in [-0.05, 0) is 18.6 Å². The Morgan fingerprint density at radius 1 is 1.54 bits per heavy atom. The van der Waals surface area contributed by atoms with Crippen molar-refractivity contribution in [2.75, 3.05) is 13.7 Å². The van der Waals surface area contributed by atoms with Gasteiger partial charge >= 0.3 is 0 Å². The van der Waals surface area contributed by atoms with Gasteiger partial charge in [0.25, 0.3) is 0 Å². The second-order valence-electron chi connectivity index (χ2n) is 2.79. The zero-order valence-corrected chi connectivity index (χ0v) is 8.39. The Kier molecular flexibility index (Phi) is 3.46. The molecule has 0 aromatic heterocycles. The van der Waals surface area contributed by atoms with Gasteiger partial charge in [0.05, 0.1) is 5.02 Å². The summed E-state index contributed by atoms with van der Waals surface area (Å²) in [5, 5.41) is 0.518. The maximum Gasteiger partial charge on any atom is 0.189 e. The standard InChI is InChI=1S/C10H11ClO2/c1-7-4-3-5-8(10(7)11)9(12)6-13-2/h3-5H,6H2,1-2H3. The van der Waals surface area contributed by atoms with E-state index in [-0.39, 0.29) is 12.4 Å². The van der Waals surface area contributed by atoms with E-state index in [1.54, 1.807) is 6.07 Å². The van der Waals surface area contributed by atoms with Crippen LogP contribution in [0.5, 0.6) is 0 Å². The first-order valence-corrected chi connectivity index (χ1v) is 4.32. The number of aryl methyl sites for hydroxylation is 1. The lowest BCUT2D eigenvalue weighted by atomic mass is 10.1. The minimum Gasteiger partial charge on any atom is -0.377 e. The summed E-state index contributed by atoms with van der Waals surface area (Å²) >= 11 is 5.95. The third-order valence-corrected chi connectivity index (χ3v) is 2.27. The van der Waals surface area contributed by atoms with Crippen LogP contribution in [0.3, 0.4) is 0 Å². The van der Waals surface area contributed by atoms with Crippen molar-refractivity contribution in [3.05, 3.63) is 34.3 Å². The van der Waals surface area contributed by atoms with Crippen LogP contribution in [0, 0.1) is 6.92 Å². The number of benzene rings is 1. The predicted molar refractivity (Wildman–Crippen MR) is 52.4 cm³/mol. The molecule has 0 atom stereocenters. The van der Waals surface area contributed by atoms with Gasteiger partial charge in [-0.1, -0.05) is 23.7 Å². The smallest absolute Gasteiger partial charge is 0.189 e. The van der Waals surface area contributed by atoms with Crippen molar-refractivity contribution in [1.82, 2.24) is 0 Å². The molecule has 0 radical (unpaired) electrons. The molecule has 0 aliphatic carbocycles. The van der Waals surface area contributed by atoms with Crippen molar-refractivity contribution in [3.63, 3.8) is 0 Å². The summed E-state index contributed by atoms with van der Waals surface area (Å²) in [7, 11) is 1.49. The Morgan fingerprint density at radius 3 is 2.85 bits per heavy atom. The van der Waals surface area contributed by atoms with E-state index >= 15 is 0 Å². The number of hydrogen-bond acceptors (Lipinski definition) is 2. The number of carbonyl (C=O) groups is 1. The van der Waals surface area contributed by atoms with Gasteiger partial charge in [-0.25, -0.2) is 0 Å². The number of halogens is 1. The number of ketones is 1. The van der Waals surface area contributed by atoms with Crippen LogP contribution < -0.4 is 0 Å². The molecule has 3 heteroatoms. The second-order valence-corrected chi connectivity index (χ2v) is 3.17. The molecule has 1 aromatic rings. The van der Waals surface area contributed by atoms with Crippen molar-refractivity contribution in [2.24, 2.45) is 0 Å². The van der Waals surface area contributed by atoms with Crippen LogP contribution in [0.2, 0.25) is 5.02 Å². The molecule has 1 rings (SSSR count). The summed E-state index contributed by atoms with van der Waals surface area (Å²) in [6.45, 7) is 1.94. The molecule has 0 unspecified atom stereocenters. The van der Waals surface area contributed by atoms with Gasteiger partial charge in [0, 0.05) is 12.7 Å². The maximum absolute atomic E-state index is 11.4. The lowest BCUT2D eigenvalue weighted by Crippen LogP contribution is -2.07. The highest BCUT2D eigenvalue weighted by molar-refractivity contribution is 6.34. The normalized spacial score (nSPS) is 10.1. The zero-order valence-electron chi connectivity index (χ0n) is 7.63. The molecule has 0 heterocycles. The van der Waals surface area contributed by atoms with Crippen molar-refractivity contribution in [3.8, 4) is 0 Å². The molecular weight excluding hydrogens is 188 g/mol. The molecular formula is C10H11ClO2. The van der Waals surface area contributed by atoms with Crippen molar-refractivity contribution >= 4 is 17.4 Å². The number of hydrogen-bond donors (Lipinski definition) is 0. The van der Waals surface area contributed by atoms with Crippen molar-refractivity contribution in [2.45, 2.75) is 6.92 Å². The average Bonchev–Trinajstić information content (AvgIpc) is 2.10. The average molecular weight is 199 g/mol. The molecule has 0 saturated carbocycles. The van der Waals surface area contributed by atoms with Crippen LogP contribution in [0.4, 0.5) is 0 Å². The number of carbonyl (C=O) groups excluding carboxylic acids is 1. The lowest BCUT2D eigenvalue weighted by Gasteiger charge is -2.04. The zero-order chi connectivity index (χ0) is 9.84. The molecule has 0 fully saturated rings. The predicted octanol–water partition coefficient (Wildman–Crippen LogP) is 2.48. The van der Waals surface area contributed by atoms with E-state index in [0.29, 0.717) is 10.6 Å². The van der Waals surface area contributed by atoms with Crippen LogP contribution in [-0.2, 0) is 4.74 Å². The molecule has 0 N–H and O–H groups in total. The second kappa shape index (κ2) is 4.40. The molecule has 13 heavy (non-hydrogen) atoms. The van der Waals surface area contributed by atoms with Crippen molar-refractivity contribution < 1.29 is 9.53 Å². The highest BCUT2D eigenvalue weighted by Crippen LogP contribution is 2.20. The Balaban J connectivity index is 3.01. The third kappa shape index (κ3) is 2.29. The molecule has 0 spiro atoms. The lowest BCUT2D eigenvalue weighted by molar-refractivity contribution is 0.0848. The minimum absolute atomic E-state index is 0.0726. The summed E-state index contributed by atoms with van der Waals surface area (Å²) in [5.41, 5.74) is 1.44. The highest BCUT2D eigenvalue weighted by Gasteiger charge is 2.10. The molecule has 0 amide bonds. The van der Waals surface area contributed by atoms with Crippen LogP contribution >= 0.6 is 11.6 Å². The summed E-state index contributed by atoms with van der Waals surface area (Å²) in [4.78, 5) is 11.4. The SMILES string of the molecule is COCC(=O)c1cccc(C)c1Cl. The largest absolute Gasteiger partial charge is 0.377 e. The Labute approximate surface area is 82.5 Å². The molecule has 2 nitrogen and oxygen atoms in total. The first kappa shape index (κ1) is 10.2. The number of ether oxygens (including phenoxy) is 1. The topological polar surface area (TPSA) is 26.3 Å². The van der Waals surface area contributed by atoms with Crippen LogP contribution in [0.1, 0.15) is 15.9 Å². The number of methoxy groups -OCH3 is 1. The van der Waals surface area contributed by atoms with Crippen molar-refractivity contribution in [1.29, 1.82) is 0 Å². The van der Waals surface area contributed by atoms with Crippen LogP contribution in [0.15, 0.2) is 18.2 Å². The summed E-state index contributed by atoms with van der Waals surface area (Å²) in [5.74, 6) is -0.0869. The maximum atomic E-state index is 11.4. The van der Waals surface area contributed by atoms with E-state index in [1.165, 1.54) is 7.11 Å². The quantitative estimate of drug-likeness (QED) is 0.698. The van der Waals surface area contributed by atoms with Gasteiger partial charge < -0.3 is 4.74 Å². The number of Topliss-reactive ketones (excluding diaryl/α,β-unsaturated/α-hetero) is 1. The monoisotopic (exact) mass is 198 g/mol. The first-order chi connectivity index (χ1) is 6.16. The number of rotatable bonds is 3. The molecule has 70 valence electrons. The van der Waals surface area contributed by atoms with E-state index in [1.807, 2.05) is 19.1 Å². The van der Waals surface area contributed by atoms with E-state index in [0.717, 1.165) is 5.56 Å². The highest BCUT2D eigenvalue weighted by atomic mass is 35.5. The summed E-state index contributed by atoms with van der Waals surface area (Å²) < 4.78 is 4.74. The van der Waals surface area contributed by atoms with Gasteiger partial charge in [-0.3, -0.25) is 4.79 Å². The van der Waals surface area contributed by atoms with Gasteiger partial charge in [0.2, 0.25) is 0 Å². The fourth-order valence-corrected chi connectivity index (χ4v) is 1.30. The molecule has 0 saturated heterocycles. The van der Waals surface area contributed by atoms with E-state index in [4.69, 9.17) is 16.3 Å². The van der Waals surface area contributed by atoms with Crippen LogP contribution in [0.25, 0.3) is 0 Å². The first-order valence-electron chi connectivity index (χ1n) is 3.94. The minimum atomic E-state index is -0.0869. The fourth-order valence-electron chi connectivity index (χ4n) is 1.07. The Bertz CT molecular complexity index is 321. The van der Waals surface area contributed by atoms with Gasteiger partial charge in [-0.2, -0.15) is 0 Å². The van der Waals surface area contributed by atoms with Crippen LogP contribution in [-0.4, -0.2) is 19.5 Å². The van der Waals surface area contributed by atoms with Gasteiger partial charge in [0.1, 0.15) is 6.61 Å². The Morgan fingerprint density at radius 2 is 2.23 bits per heavy atom. The van der Waals surface area contributed by atoms with Gasteiger partial charge in [-0.15, -0.1) is 0 Å². The molecule has 0 aliphatic heterocycles.